The Labute approximate surface area is 147 Å². The molecule has 0 radical (unpaired) electrons. The molecule has 2 heteroatoms. The second-order valence-corrected chi connectivity index (χ2v) is 6.43. The number of aryl methyl sites for hydroxylation is 1. The third-order valence-electron chi connectivity index (χ3n) is 4.29. The van der Waals surface area contributed by atoms with Crippen LogP contribution >= 0.6 is 0 Å². The molecule has 1 heterocycles. The monoisotopic (exact) mass is 325 g/mol. The lowest BCUT2D eigenvalue weighted by molar-refractivity contribution is 0.304. The number of pyridine rings is 1. The SMILES string of the molecule is CCCCCCCOc1cccc(-c2ccnc(CCCC)c2)c1. The summed E-state index contributed by atoms with van der Waals surface area (Å²) in [5.74, 6) is 0.968. The van der Waals surface area contributed by atoms with Gasteiger partial charge >= 0.3 is 0 Å². The van der Waals surface area contributed by atoms with Crippen LogP contribution in [0, 0.1) is 0 Å². The first kappa shape index (κ1) is 18.5. The van der Waals surface area contributed by atoms with E-state index in [9.17, 15) is 0 Å². The van der Waals surface area contributed by atoms with Crippen LogP contribution in [0.25, 0.3) is 11.1 Å². The van der Waals surface area contributed by atoms with Crippen LogP contribution in [-0.2, 0) is 6.42 Å². The Hall–Kier alpha value is -1.83. The Bertz CT molecular complexity index is 594. The molecule has 24 heavy (non-hydrogen) atoms. The van der Waals surface area contributed by atoms with E-state index in [2.05, 4.69) is 55.2 Å². The number of hydrogen-bond donors (Lipinski definition) is 0. The van der Waals surface area contributed by atoms with Gasteiger partial charge in [0, 0.05) is 11.9 Å². The van der Waals surface area contributed by atoms with Crippen molar-refractivity contribution in [2.24, 2.45) is 0 Å². The lowest BCUT2D eigenvalue weighted by Gasteiger charge is -2.09. The average molecular weight is 325 g/mol. The standard InChI is InChI=1S/C22H31NO/c1-3-5-7-8-9-16-24-22-13-10-11-19(18-22)20-14-15-23-21(17-20)12-6-4-2/h10-11,13-15,17-18H,3-9,12,16H2,1-2H3. The number of rotatable bonds is 11. The molecule has 0 saturated heterocycles. The van der Waals surface area contributed by atoms with Crippen LogP contribution in [0.4, 0.5) is 0 Å². The first-order chi connectivity index (χ1) is 11.8. The van der Waals surface area contributed by atoms with Gasteiger partial charge in [0.2, 0.25) is 0 Å². The molecule has 1 aromatic carbocycles. The molecule has 0 N–H and O–H groups in total. The van der Waals surface area contributed by atoms with Gasteiger partial charge < -0.3 is 4.74 Å². The number of benzene rings is 1. The van der Waals surface area contributed by atoms with Gasteiger partial charge in [-0.3, -0.25) is 4.98 Å². The van der Waals surface area contributed by atoms with Crippen molar-refractivity contribution in [3.63, 3.8) is 0 Å². The Morgan fingerprint density at radius 1 is 0.833 bits per heavy atom. The van der Waals surface area contributed by atoms with Crippen LogP contribution in [0.3, 0.4) is 0 Å². The highest BCUT2D eigenvalue weighted by Gasteiger charge is 2.03. The number of aromatic nitrogens is 1. The summed E-state index contributed by atoms with van der Waals surface area (Å²) in [4.78, 5) is 4.48. The lowest BCUT2D eigenvalue weighted by atomic mass is 10.0. The molecule has 2 nitrogen and oxygen atoms in total. The van der Waals surface area contributed by atoms with Crippen molar-refractivity contribution in [1.82, 2.24) is 4.98 Å². The van der Waals surface area contributed by atoms with E-state index < -0.39 is 0 Å². The number of nitrogens with zero attached hydrogens (tertiary/aromatic N) is 1. The Morgan fingerprint density at radius 2 is 1.62 bits per heavy atom. The topological polar surface area (TPSA) is 22.1 Å². The zero-order chi connectivity index (χ0) is 17.0. The summed E-state index contributed by atoms with van der Waals surface area (Å²) in [6, 6.07) is 12.7. The largest absolute Gasteiger partial charge is 0.494 e. The molecule has 0 saturated carbocycles. The molecule has 0 fully saturated rings. The maximum atomic E-state index is 5.93. The van der Waals surface area contributed by atoms with Gasteiger partial charge in [-0.2, -0.15) is 0 Å². The van der Waals surface area contributed by atoms with Gasteiger partial charge in [-0.1, -0.05) is 58.1 Å². The van der Waals surface area contributed by atoms with Gasteiger partial charge in [0.05, 0.1) is 6.61 Å². The molecule has 0 bridgehead atoms. The van der Waals surface area contributed by atoms with Gasteiger partial charge in [0.25, 0.3) is 0 Å². The highest BCUT2D eigenvalue weighted by atomic mass is 16.5. The summed E-state index contributed by atoms with van der Waals surface area (Å²) in [7, 11) is 0. The predicted octanol–water partition coefficient (Wildman–Crippen LogP) is 6.44. The molecule has 0 spiro atoms. The molecule has 0 aliphatic heterocycles. The van der Waals surface area contributed by atoms with E-state index in [0.29, 0.717) is 0 Å². The Kier molecular flexibility index (Phi) is 8.37. The number of hydrogen-bond acceptors (Lipinski definition) is 2. The third kappa shape index (κ3) is 6.35. The summed E-state index contributed by atoms with van der Waals surface area (Å²) in [6.45, 7) is 5.27. The van der Waals surface area contributed by atoms with Gasteiger partial charge in [0.1, 0.15) is 5.75 Å². The Balaban J connectivity index is 1.92. The highest BCUT2D eigenvalue weighted by molar-refractivity contribution is 5.65. The van der Waals surface area contributed by atoms with Crippen molar-refractivity contribution in [3.8, 4) is 16.9 Å². The minimum atomic E-state index is 0.811. The van der Waals surface area contributed by atoms with Crippen molar-refractivity contribution < 1.29 is 4.74 Å². The zero-order valence-corrected chi connectivity index (χ0v) is 15.3. The lowest BCUT2D eigenvalue weighted by Crippen LogP contribution is -1.97. The molecule has 130 valence electrons. The van der Waals surface area contributed by atoms with Crippen molar-refractivity contribution in [3.05, 3.63) is 48.3 Å². The third-order valence-corrected chi connectivity index (χ3v) is 4.29. The summed E-state index contributed by atoms with van der Waals surface area (Å²) >= 11 is 0. The highest BCUT2D eigenvalue weighted by Crippen LogP contribution is 2.24. The summed E-state index contributed by atoms with van der Waals surface area (Å²) in [5, 5.41) is 0. The molecule has 0 atom stereocenters. The zero-order valence-electron chi connectivity index (χ0n) is 15.3. The molecular formula is C22H31NO. The molecule has 2 aromatic rings. The van der Waals surface area contributed by atoms with Crippen molar-refractivity contribution >= 4 is 0 Å². The predicted molar refractivity (Wildman–Crippen MR) is 103 cm³/mol. The first-order valence-corrected chi connectivity index (χ1v) is 9.51. The van der Waals surface area contributed by atoms with Crippen molar-refractivity contribution in [2.45, 2.75) is 65.2 Å². The van der Waals surface area contributed by atoms with Crippen molar-refractivity contribution in [2.75, 3.05) is 6.61 Å². The van der Waals surface area contributed by atoms with E-state index in [4.69, 9.17) is 4.74 Å². The normalized spacial score (nSPS) is 10.8. The second kappa shape index (κ2) is 10.9. The van der Waals surface area contributed by atoms with Crippen LogP contribution in [0.15, 0.2) is 42.6 Å². The minimum absolute atomic E-state index is 0.811. The van der Waals surface area contributed by atoms with Gasteiger partial charge in [0.15, 0.2) is 0 Å². The molecule has 0 amide bonds. The minimum Gasteiger partial charge on any atom is -0.494 e. The summed E-state index contributed by atoms with van der Waals surface area (Å²) < 4.78 is 5.93. The van der Waals surface area contributed by atoms with E-state index in [-0.39, 0.29) is 0 Å². The molecule has 0 unspecified atom stereocenters. The quantitative estimate of drug-likeness (QED) is 0.443. The summed E-state index contributed by atoms with van der Waals surface area (Å²) in [5.41, 5.74) is 3.61. The van der Waals surface area contributed by atoms with Gasteiger partial charge in [-0.25, -0.2) is 0 Å². The van der Waals surface area contributed by atoms with Crippen LogP contribution in [-0.4, -0.2) is 11.6 Å². The van der Waals surface area contributed by atoms with Crippen LogP contribution in [0.2, 0.25) is 0 Å². The number of unbranched alkanes of at least 4 members (excludes halogenated alkanes) is 5. The van der Waals surface area contributed by atoms with E-state index >= 15 is 0 Å². The van der Waals surface area contributed by atoms with Crippen LogP contribution in [0.5, 0.6) is 5.75 Å². The maximum absolute atomic E-state index is 5.93. The van der Waals surface area contributed by atoms with Crippen LogP contribution in [0.1, 0.15) is 64.5 Å². The van der Waals surface area contributed by atoms with E-state index in [1.54, 1.807) is 0 Å². The van der Waals surface area contributed by atoms with E-state index in [1.165, 1.54) is 55.3 Å². The summed E-state index contributed by atoms with van der Waals surface area (Å²) in [6.07, 6.45) is 11.7. The fourth-order valence-electron chi connectivity index (χ4n) is 2.81. The number of ether oxygens (including phenoxy) is 1. The Morgan fingerprint density at radius 3 is 2.46 bits per heavy atom. The van der Waals surface area contributed by atoms with E-state index in [1.807, 2.05) is 6.20 Å². The van der Waals surface area contributed by atoms with Gasteiger partial charge in [-0.05, 0) is 54.7 Å². The molecule has 0 aliphatic rings. The van der Waals surface area contributed by atoms with E-state index in [0.717, 1.165) is 25.2 Å². The second-order valence-electron chi connectivity index (χ2n) is 6.43. The van der Waals surface area contributed by atoms with Gasteiger partial charge in [-0.15, -0.1) is 0 Å². The maximum Gasteiger partial charge on any atom is 0.119 e. The van der Waals surface area contributed by atoms with Crippen molar-refractivity contribution in [1.29, 1.82) is 0 Å². The smallest absolute Gasteiger partial charge is 0.119 e. The average Bonchev–Trinajstić information content (AvgIpc) is 2.63. The fourth-order valence-corrected chi connectivity index (χ4v) is 2.81. The molecular weight excluding hydrogens is 294 g/mol. The molecule has 1 aromatic heterocycles. The molecule has 2 rings (SSSR count). The first-order valence-electron chi connectivity index (χ1n) is 9.51. The fraction of sp³-hybridized carbons (Fsp3) is 0.500. The molecule has 0 aliphatic carbocycles. The van der Waals surface area contributed by atoms with Crippen LogP contribution < -0.4 is 4.74 Å².